The Hall–Kier alpha value is -0.570. The van der Waals surface area contributed by atoms with Gasteiger partial charge in [0.15, 0.2) is 0 Å². The quantitative estimate of drug-likeness (QED) is 0.737. The lowest BCUT2D eigenvalue weighted by molar-refractivity contribution is -0.141. The predicted octanol–water partition coefficient (Wildman–Crippen LogP) is 1.83. The van der Waals surface area contributed by atoms with Crippen LogP contribution >= 0.6 is 0 Å². The second-order valence-corrected chi connectivity index (χ2v) is 5.63. The van der Waals surface area contributed by atoms with Gasteiger partial charge in [-0.1, -0.05) is 20.8 Å². The van der Waals surface area contributed by atoms with Crippen LogP contribution in [0, 0.1) is 11.3 Å². The van der Waals surface area contributed by atoms with Crippen molar-refractivity contribution in [2.45, 2.75) is 39.7 Å². The molecule has 0 amide bonds. The number of hydrogen-bond acceptors (Lipinski definition) is 2. The van der Waals surface area contributed by atoms with Crippen molar-refractivity contribution >= 4 is 5.97 Å². The van der Waals surface area contributed by atoms with Crippen LogP contribution in [0.3, 0.4) is 0 Å². The minimum atomic E-state index is -0.645. The molecule has 1 N–H and O–H groups in total. The monoisotopic (exact) mass is 199 g/mol. The fourth-order valence-electron chi connectivity index (χ4n) is 2.20. The van der Waals surface area contributed by atoms with E-state index in [1.807, 2.05) is 7.05 Å². The van der Waals surface area contributed by atoms with Crippen molar-refractivity contribution in [3.05, 3.63) is 0 Å². The van der Waals surface area contributed by atoms with Crippen LogP contribution in [0.5, 0.6) is 0 Å². The Bertz CT molecular complexity index is 220. The van der Waals surface area contributed by atoms with Gasteiger partial charge in [0.2, 0.25) is 0 Å². The van der Waals surface area contributed by atoms with Gasteiger partial charge in [0.25, 0.3) is 0 Å². The van der Waals surface area contributed by atoms with Gasteiger partial charge < -0.3 is 10.0 Å². The molecule has 0 saturated carbocycles. The molecule has 3 nitrogen and oxygen atoms in total. The minimum absolute atomic E-state index is 0.160. The van der Waals surface area contributed by atoms with E-state index in [4.69, 9.17) is 5.11 Å². The van der Waals surface area contributed by atoms with Crippen LogP contribution in [-0.2, 0) is 4.79 Å². The third kappa shape index (κ3) is 2.98. The number of rotatable bonds is 2. The molecule has 2 atom stereocenters. The van der Waals surface area contributed by atoms with Gasteiger partial charge in [-0.15, -0.1) is 0 Å². The summed E-state index contributed by atoms with van der Waals surface area (Å²) in [5.74, 6) is -0.805. The summed E-state index contributed by atoms with van der Waals surface area (Å²) >= 11 is 0. The lowest BCUT2D eigenvalue weighted by Crippen LogP contribution is -2.29. The van der Waals surface area contributed by atoms with Crippen molar-refractivity contribution < 1.29 is 9.90 Å². The lowest BCUT2D eigenvalue weighted by atomic mass is 9.86. The minimum Gasteiger partial charge on any atom is -0.481 e. The summed E-state index contributed by atoms with van der Waals surface area (Å²) in [6, 6.07) is 0.441. The molecular formula is C11H21NO2. The van der Waals surface area contributed by atoms with Crippen LogP contribution in [0.1, 0.15) is 33.6 Å². The fraction of sp³-hybridized carbons (Fsp3) is 0.909. The lowest BCUT2D eigenvalue weighted by Gasteiger charge is -2.27. The fourth-order valence-corrected chi connectivity index (χ4v) is 2.20. The van der Waals surface area contributed by atoms with Crippen LogP contribution in [-0.4, -0.2) is 35.6 Å². The number of likely N-dealkylation sites (tertiary alicyclic amines) is 1. The van der Waals surface area contributed by atoms with Gasteiger partial charge in [-0.05, 0) is 25.3 Å². The third-order valence-corrected chi connectivity index (χ3v) is 2.89. The van der Waals surface area contributed by atoms with Gasteiger partial charge in [0.05, 0.1) is 5.92 Å². The van der Waals surface area contributed by atoms with E-state index in [9.17, 15) is 4.79 Å². The average molecular weight is 199 g/mol. The molecule has 14 heavy (non-hydrogen) atoms. The summed E-state index contributed by atoms with van der Waals surface area (Å²) in [6.07, 6.45) is 1.89. The Morgan fingerprint density at radius 1 is 1.50 bits per heavy atom. The van der Waals surface area contributed by atoms with E-state index >= 15 is 0 Å². The Kier molecular flexibility index (Phi) is 3.20. The number of aliphatic carboxylic acids is 1. The highest BCUT2D eigenvalue weighted by Gasteiger charge is 2.35. The zero-order valence-corrected chi connectivity index (χ0v) is 9.58. The Morgan fingerprint density at radius 3 is 2.43 bits per heavy atom. The topological polar surface area (TPSA) is 40.5 Å². The Balaban J connectivity index is 2.53. The van der Waals surface area contributed by atoms with Gasteiger partial charge in [-0.25, -0.2) is 0 Å². The van der Waals surface area contributed by atoms with Crippen molar-refractivity contribution in [3.8, 4) is 0 Å². The predicted molar refractivity (Wildman–Crippen MR) is 56.2 cm³/mol. The van der Waals surface area contributed by atoms with E-state index in [2.05, 4.69) is 25.7 Å². The highest BCUT2D eigenvalue weighted by Crippen LogP contribution is 2.31. The summed E-state index contributed by atoms with van der Waals surface area (Å²) < 4.78 is 0. The third-order valence-electron chi connectivity index (χ3n) is 2.89. The van der Waals surface area contributed by atoms with Gasteiger partial charge >= 0.3 is 5.97 Å². The second kappa shape index (κ2) is 3.89. The number of carboxylic acid groups (broad SMARTS) is 1. The normalized spacial score (nSPS) is 29.4. The molecule has 0 aromatic carbocycles. The molecular weight excluding hydrogens is 178 g/mol. The zero-order chi connectivity index (χ0) is 10.9. The molecule has 0 aromatic rings. The highest BCUT2D eigenvalue weighted by atomic mass is 16.4. The first-order valence-electron chi connectivity index (χ1n) is 5.22. The summed E-state index contributed by atoms with van der Waals surface area (Å²) in [6.45, 7) is 7.31. The van der Waals surface area contributed by atoms with Crippen LogP contribution in [0.15, 0.2) is 0 Å². The van der Waals surface area contributed by atoms with E-state index in [0.29, 0.717) is 12.6 Å². The Morgan fingerprint density at radius 2 is 2.07 bits per heavy atom. The molecule has 1 aliphatic rings. The molecule has 0 spiro atoms. The summed E-state index contributed by atoms with van der Waals surface area (Å²) in [5, 5.41) is 8.92. The van der Waals surface area contributed by atoms with E-state index in [0.717, 1.165) is 12.8 Å². The van der Waals surface area contributed by atoms with Gasteiger partial charge in [0, 0.05) is 12.6 Å². The molecule has 1 heterocycles. The molecule has 1 aliphatic heterocycles. The summed E-state index contributed by atoms with van der Waals surface area (Å²) in [7, 11) is 2.03. The van der Waals surface area contributed by atoms with Gasteiger partial charge in [0.1, 0.15) is 0 Å². The maximum Gasteiger partial charge on any atom is 0.307 e. The maximum atomic E-state index is 10.8. The van der Waals surface area contributed by atoms with Crippen molar-refractivity contribution in [1.82, 2.24) is 4.90 Å². The number of hydrogen-bond donors (Lipinski definition) is 1. The number of nitrogens with zero attached hydrogens (tertiary/aromatic N) is 1. The number of carbonyl (C=O) groups is 1. The molecule has 82 valence electrons. The largest absolute Gasteiger partial charge is 0.481 e. The van der Waals surface area contributed by atoms with Gasteiger partial charge in [-0.2, -0.15) is 0 Å². The van der Waals surface area contributed by atoms with Crippen LogP contribution < -0.4 is 0 Å². The SMILES string of the molecule is CN1CC(C(=O)O)CC1CC(C)(C)C. The summed E-state index contributed by atoms with van der Waals surface area (Å²) in [5.41, 5.74) is 0.284. The maximum absolute atomic E-state index is 10.8. The van der Waals surface area contributed by atoms with Crippen molar-refractivity contribution in [1.29, 1.82) is 0 Å². The van der Waals surface area contributed by atoms with Gasteiger partial charge in [-0.3, -0.25) is 4.79 Å². The standard InChI is InChI=1S/C11H21NO2/c1-11(2,3)6-9-5-8(10(13)14)7-12(9)4/h8-9H,5-7H2,1-4H3,(H,13,14). The first-order valence-corrected chi connectivity index (χ1v) is 5.22. The van der Waals surface area contributed by atoms with E-state index < -0.39 is 5.97 Å². The van der Waals surface area contributed by atoms with Crippen LogP contribution in [0.25, 0.3) is 0 Å². The summed E-state index contributed by atoms with van der Waals surface area (Å²) in [4.78, 5) is 13.0. The smallest absolute Gasteiger partial charge is 0.307 e. The highest BCUT2D eigenvalue weighted by molar-refractivity contribution is 5.70. The van der Waals surface area contributed by atoms with E-state index in [-0.39, 0.29) is 11.3 Å². The first-order chi connectivity index (χ1) is 6.29. The van der Waals surface area contributed by atoms with E-state index in [1.54, 1.807) is 0 Å². The molecule has 1 saturated heterocycles. The molecule has 1 fully saturated rings. The average Bonchev–Trinajstić information content (AvgIpc) is 2.29. The molecule has 0 aliphatic carbocycles. The van der Waals surface area contributed by atoms with E-state index in [1.165, 1.54) is 0 Å². The number of carboxylic acids is 1. The zero-order valence-electron chi connectivity index (χ0n) is 9.58. The van der Waals surface area contributed by atoms with Crippen LogP contribution in [0.4, 0.5) is 0 Å². The molecule has 0 aromatic heterocycles. The first kappa shape index (κ1) is 11.5. The molecule has 0 bridgehead atoms. The molecule has 0 radical (unpaired) electrons. The van der Waals surface area contributed by atoms with Crippen molar-refractivity contribution in [2.75, 3.05) is 13.6 Å². The molecule has 1 rings (SSSR count). The van der Waals surface area contributed by atoms with Crippen molar-refractivity contribution in [3.63, 3.8) is 0 Å². The molecule has 3 heteroatoms. The van der Waals surface area contributed by atoms with Crippen LogP contribution in [0.2, 0.25) is 0 Å². The second-order valence-electron chi connectivity index (χ2n) is 5.63. The Labute approximate surface area is 86.1 Å². The van der Waals surface area contributed by atoms with Crippen molar-refractivity contribution in [2.24, 2.45) is 11.3 Å². The molecule has 2 unspecified atom stereocenters.